The van der Waals surface area contributed by atoms with E-state index in [1.165, 1.54) is 0 Å². The van der Waals surface area contributed by atoms with Crippen LogP contribution in [0.3, 0.4) is 0 Å². The molecule has 0 aromatic carbocycles. The average molecular weight is 229 g/mol. The van der Waals surface area contributed by atoms with E-state index < -0.39 is 5.60 Å². The monoisotopic (exact) mass is 229 g/mol. The Hall–Kier alpha value is -0.570. The van der Waals surface area contributed by atoms with Gasteiger partial charge in [0.15, 0.2) is 0 Å². The summed E-state index contributed by atoms with van der Waals surface area (Å²) in [5.74, 6) is 0.208. The summed E-state index contributed by atoms with van der Waals surface area (Å²) in [7, 11) is 0. The molecule has 96 valence electrons. The van der Waals surface area contributed by atoms with Gasteiger partial charge in [-0.15, -0.1) is 0 Å². The van der Waals surface area contributed by atoms with Crippen LogP contribution in [-0.4, -0.2) is 23.2 Å². The number of hydrogen-bond donors (Lipinski definition) is 2. The van der Waals surface area contributed by atoms with Gasteiger partial charge in [-0.1, -0.05) is 33.6 Å². The molecule has 0 aromatic heterocycles. The molecule has 0 radical (unpaired) electrons. The summed E-state index contributed by atoms with van der Waals surface area (Å²) in [6.07, 6.45) is 4.59. The summed E-state index contributed by atoms with van der Waals surface area (Å²) in [6.45, 7) is 8.21. The van der Waals surface area contributed by atoms with Crippen LogP contribution in [0, 0.1) is 5.92 Å². The largest absolute Gasteiger partial charge is 0.388 e. The van der Waals surface area contributed by atoms with Crippen molar-refractivity contribution in [3.8, 4) is 0 Å². The Labute approximate surface area is 99.6 Å². The van der Waals surface area contributed by atoms with Gasteiger partial charge in [0.2, 0.25) is 5.91 Å². The van der Waals surface area contributed by atoms with Gasteiger partial charge in [-0.3, -0.25) is 4.79 Å². The summed E-state index contributed by atoms with van der Waals surface area (Å²) in [5.41, 5.74) is -0.779. The molecule has 16 heavy (non-hydrogen) atoms. The van der Waals surface area contributed by atoms with Crippen molar-refractivity contribution in [1.82, 2.24) is 5.32 Å². The number of rotatable bonds is 8. The van der Waals surface area contributed by atoms with Crippen molar-refractivity contribution in [2.45, 2.75) is 65.4 Å². The molecular weight excluding hydrogens is 202 g/mol. The molecule has 0 aliphatic rings. The highest BCUT2D eigenvalue weighted by Gasteiger charge is 2.21. The Morgan fingerprint density at radius 3 is 2.12 bits per heavy atom. The van der Waals surface area contributed by atoms with Gasteiger partial charge in [0, 0.05) is 12.5 Å². The fourth-order valence-corrected chi connectivity index (χ4v) is 1.65. The van der Waals surface area contributed by atoms with Crippen molar-refractivity contribution >= 4 is 5.91 Å². The lowest BCUT2D eigenvalue weighted by molar-refractivity contribution is -0.126. The third-order valence-corrected chi connectivity index (χ3v) is 3.05. The summed E-state index contributed by atoms with van der Waals surface area (Å²) in [6, 6.07) is 0. The van der Waals surface area contributed by atoms with Gasteiger partial charge >= 0.3 is 0 Å². The normalized spacial score (nSPS) is 14.9. The van der Waals surface area contributed by atoms with E-state index in [2.05, 4.69) is 19.2 Å². The van der Waals surface area contributed by atoms with Crippen LogP contribution in [0.4, 0.5) is 0 Å². The Bertz CT molecular complexity index is 196. The maximum absolute atomic E-state index is 11.9. The Morgan fingerprint density at radius 1 is 1.25 bits per heavy atom. The van der Waals surface area contributed by atoms with Gasteiger partial charge in [-0.2, -0.15) is 0 Å². The first kappa shape index (κ1) is 15.4. The van der Waals surface area contributed by atoms with Crippen LogP contribution in [0.25, 0.3) is 0 Å². The van der Waals surface area contributed by atoms with Crippen molar-refractivity contribution in [3.63, 3.8) is 0 Å². The molecule has 2 N–H and O–H groups in total. The van der Waals surface area contributed by atoms with E-state index in [1.54, 1.807) is 6.92 Å². The second-order valence-corrected chi connectivity index (χ2v) is 4.84. The lowest BCUT2D eigenvalue weighted by Crippen LogP contribution is -2.42. The van der Waals surface area contributed by atoms with Crippen molar-refractivity contribution in [2.24, 2.45) is 5.92 Å². The van der Waals surface area contributed by atoms with Crippen LogP contribution in [0.5, 0.6) is 0 Å². The quantitative estimate of drug-likeness (QED) is 0.672. The van der Waals surface area contributed by atoms with Crippen LogP contribution in [0.2, 0.25) is 0 Å². The molecule has 0 rings (SSSR count). The van der Waals surface area contributed by atoms with E-state index in [9.17, 15) is 9.90 Å². The van der Waals surface area contributed by atoms with E-state index in [0.29, 0.717) is 13.0 Å². The minimum absolute atomic E-state index is 0.0948. The molecule has 0 bridgehead atoms. The van der Waals surface area contributed by atoms with Gasteiger partial charge in [-0.25, -0.2) is 0 Å². The molecule has 0 aromatic rings. The zero-order valence-corrected chi connectivity index (χ0v) is 11.2. The Kier molecular flexibility index (Phi) is 7.39. The number of aliphatic hydroxyl groups is 1. The molecule has 0 heterocycles. The standard InChI is InChI=1S/C13H27NO2/c1-5-8-11(9-6-2)12(15)14-10-13(4,16)7-3/h11,16H,5-10H2,1-4H3,(H,14,15). The van der Waals surface area contributed by atoms with Crippen LogP contribution in [0.1, 0.15) is 59.8 Å². The minimum Gasteiger partial charge on any atom is -0.388 e. The van der Waals surface area contributed by atoms with Crippen molar-refractivity contribution in [3.05, 3.63) is 0 Å². The molecule has 3 nitrogen and oxygen atoms in total. The van der Waals surface area contributed by atoms with E-state index in [1.807, 2.05) is 6.92 Å². The third kappa shape index (κ3) is 6.11. The molecule has 0 aliphatic carbocycles. The first-order valence-corrected chi connectivity index (χ1v) is 6.46. The lowest BCUT2D eigenvalue weighted by atomic mass is 9.96. The maximum Gasteiger partial charge on any atom is 0.223 e. The second-order valence-electron chi connectivity index (χ2n) is 4.84. The highest BCUT2D eigenvalue weighted by Crippen LogP contribution is 2.14. The van der Waals surface area contributed by atoms with Gasteiger partial charge < -0.3 is 10.4 Å². The second kappa shape index (κ2) is 7.66. The Morgan fingerprint density at radius 2 is 1.75 bits per heavy atom. The van der Waals surface area contributed by atoms with Crippen molar-refractivity contribution in [2.75, 3.05) is 6.54 Å². The fraction of sp³-hybridized carbons (Fsp3) is 0.923. The van der Waals surface area contributed by atoms with Gasteiger partial charge in [-0.05, 0) is 26.2 Å². The number of carbonyl (C=O) groups is 1. The lowest BCUT2D eigenvalue weighted by Gasteiger charge is -2.23. The summed E-state index contributed by atoms with van der Waals surface area (Å²) >= 11 is 0. The van der Waals surface area contributed by atoms with E-state index >= 15 is 0 Å². The zero-order valence-electron chi connectivity index (χ0n) is 11.2. The smallest absolute Gasteiger partial charge is 0.223 e. The Balaban J connectivity index is 4.09. The van der Waals surface area contributed by atoms with E-state index in [-0.39, 0.29) is 11.8 Å². The zero-order chi connectivity index (χ0) is 12.6. The average Bonchev–Trinajstić information content (AvgIpc) is 2.26. The third-order valence-electron chi connectivity index (χ3n) is 3.05. The van der Waals surface area contributed by atoms with Crippen LogP contribution < -0.4 is 5.32 Å². The number of amides is 1. The molecular formula is C13H27NO2. The predicted octanol–water partition coefficient (Wildman–Crippen LogP) is 2.48. The molecule has 0 aliphatic heterocycles. The summed E-state index contributed by atoms with van der Waals surface area (Å²) < 4.78 is 0. The highest BCUT2D eigenvalue weighted by molar-refractivity contribution is 5.78. The topological polar surface area (TPSA) is 49.3 Å². The van der Waals surface area contributed by atoms with Gasteiger partial charge in [0.05, 0.1) is 5.60 Å². The van der Waals surface area contributed by atoms with E-state index in [4.69, 9.17) is 0 Å². The van der Waals surface area contributed by atoms with Gasteiger partial charge in [0.25, 0.3) is 0 Å². The number of carbonyl (C=O) groups excluding carboxylic acids is 1. The maximum atomic E-state index is 11.9. The number of hydrogen-bond acceptors (Lipinski definition) is 2. The van der Waals surface area contributed by atoms with Crippen molar-refractivity contribution in [1.29, 1.82) is 0 Å². The molecule has 0 saturated heterocycles. The first-order valence-electron chi connectivity index (χ1n) is 6.46. The molecule has 1 atom stereocenters. The fourth-order valence-electron chi connectivity index (χ4n) is 1.65. The minimum atomic E-state index is -0.779. The highest BCUT2D eigenvalue weighted by atomic mass is 16.3. The SMILES string of the molecule is CCCC(CCC)C(=O)NCC(C)(O)CC. The molecule has 0 fully saturated rings. The van der Waals surface area contributed by atoms with Crippen LogP contribution in [-0.2, 0) is 4.79 Å². The molecule has 1 unspecified atom stereocenters. The molecule has 3 heteroatoms. The molecule has 0 spiro atoms. The van der Waals surface area contributed by atoms with E-state index in [0.717, 1.165) is 25.7 Å². The summed E-state index contributed by atoms with van der Waals surface area (Å²) in [5, 5.41) is 12.7. The first-order chi connectivity index (χ1) is 7.46. The molecule has 1 amide bonds. The number of nitrogens with one attached hydrogen (secondary N) is 1. The van der Waals surface area contributed by atoms with Crippen LogP contribution >= 0.6 is 0 Å². The van der Waals surface area contributed by atoms with Crippen LogP contribution in [0.15, 0.2) is 0 Å². The molecule has 0 saturated carbocycles. The van der Waals surface area contributed by atoms with Gasteiger partial charge in [0.1, 0.15) is 0 Å². The predicted molar refractivity (Wildman–Crippen MR) is 67.2 cm³/mol. The van der Waals surface area contributed by atoms with Crippen molar-refractivity contribution < 1.29 is 9.90 Å². The summed E-state index contributed by atoms with van der Waals surface area (Å²) in [4.78, 5) is 11.9.